The summed E-state index contributed by atoms with van der Waals surface area (Å²) in [5, 5.41) is 22.5. The Morgan fingerprint density at radius 2 is 2.08 bits per heavy atom. The molecular formula is C19H27NO4S. The molecule has 3 N–H and O–H groups in total. The van der Waals surface area contributed by atoms with Crippen molar-refractivity contribution in [1.29, 1.82) is 0 Å². The van der Waals surface area contributed by atoms with Crippen molar-refractivity contribution in [3.05, 3.63) is 23.1 Å². The molecule has 0 aromatic carbocycles. The fraction of sp³-hybridized carbons (Fsp3) is 0.684. The highest BCUT2D eigenvalue weighted by Crippen LogP contribution is 2.61. The number of aliphatic hydroxyl groups is 2. The number of thioether (sulfide) groups is 1. The van der Waals surface area contributed by atoms with Gasteiger partial charge in [-0.3, -0.25) is 14.9 Å². The topological polar surface area (TPSA) is 86.6 Å². The lowest BCUT2D eigenvalue weighted by atomic mass is 9.46. The summed E-state index contributed by atoms with van der Waals surface area (Å²) in [7, 11) is 0. The number of aliphatic hydroxyl groups excluding tert-OH is 2. The van der Waals surface area contributed by atoms with Crippen molar-refractivity contribution in [2.75, 3.05) is 6.61 Å². The van der Waals surface area contributed by atoms with Gasteiger partial charge in [-0.15, -0.1) is 0 Å². The van der Waals surface area contributed by atoms with E-state index >= 15 is 0 Å². The molecular weight excluding hydrogens is 338 g/mol. The van der Waals surface area contributed by atoms with Crippen LogP contribution in [0.15, 0.2) is 23.1 Å². The lowest BCUT2D eigenvalue weighted by Gasteiger charge is -2.59. The number of carbonyl (C=O) groups is 2. The summed E-state index contributed by atoms with van der Waals surface area (Å²) in [6.07, 6.45) is 5.36. The number of rotatable bonds is 3. The van der Waals surface area contributed by atoms with Crippen molar-refractivity contribution >= 4 is 22.9 Å². The van der Waals surface area contributed by atoms with Crippen LogP contribution in [0.5, 0.6) is 0 Å². The fourth-order valence-electron chi connectivity index (χ4n) is 5.32. The summed E-state index contributed by atoms with van der Waals surface area (Å²) in [6.45, 7) is 8.47. The van der Waals surface area contributed by atoms with Gasteiger partial charge in [-0.05, 0) is 61.1 Å². The number of hydrogen-bond acceptors (Lipinski definition) is 5. The van der Waals surface area contributed by atoms with Crippen LogP contribution in [-0.4, -0.2) is 34.1 Å². The van der Waals surface area contributed by atoms with E-state index in [1.807, 2.05) is 13.0 Å². The first-order chi connectivity index (χ1) is 11.7. The molecule has 3 rings (SSSR count). The maximum Gasteiger partial charge on any atom is 0.290 e. The van der Waals surface area contributed by atoms with E-state index in [-0.39, 0.29) is 35.0 Å². The Morgan fingerprint density at radius 1 is 1.36 bits per heavy atom. The molecule has 0 unspecified atom stereocenters. The van der Waals surface area contributed by atoms with E-state index in [1.54, 1.807) is 0 Å². The van der Waals surface area contributed by atoms with Gasteiger partial charge in [0.25, 0.3) is 11.1 Å². The van der Waals surface area contributed by atoms with Gasteiger partial charge in [0.2, 0.25) is 0 Å². The van der Waals surface area contributed by atoms with Crippen LogP contribution in [0.3, 0.4) is 0 Å². The first-order valence-electron chi connectivity index (χ1n) is 8.92. The van der Waals surface area contributed by atoms with E-state index in [9.17, 15) is 19.8 Å². The molecule has 1 saturated heterocycles. The Hall–Kier alpha value is -1.11. The smallest absolute Gasteiger partial charge is 0.290 e. The summed E-state index contributed by atoms with van der Waals surface area (Å²) >= 11 is 0.948. The maximum absolute atomic E-state index is 11.8. The van der Waals surface area contributed by atoms with Crippen molar-refractivity contribution in [3.8, 4) is 0 Å². The van der Waals surface area contributed by atoms with Crippen molar-refractivity contribution in [2.45, 2.75) is 52.1 Å². The van der Waals surface area contributed by atoms with Crippen molar-refractivity contribution in [3.63, 3.8) is 0 Å². The van der Waals surface area contributed by atoms with Crippen LogP contribution in [0.4, 0.5) is 4.79 Å². The Kier molecular flexibility index (Phi) is 4.90. The molecule has 0 bridgehead atoms. The average molecular weight is 365 g/mol. The minimum Gasteiger partial charge on any atom is -0.396 e. The third-order valence-electron chi connectivity index (χ3n) is 6.87. The Bertz CT molecular complexity index is 645. The first kappa shape index (κ1) is 18.7. The number of hydrogen-bond donors (Lipinski definition) is 3. The molecule has 1 aliphatic heterocycles. The molecule has 0 radical (unpaired) electrons. The second-order valence-corrected chi connectivity index (χ2v) is 9.19. The van der Waals surface area contributed by atoms with Crippen LogP contribution in [0.1, 0.15) is 46.0 Å². The van der Waals surface area contributed by atoms with Crippen LogP contribution in [0.2, 0.25) is 0 Å². The van der Waals surface area contributed by atoms with E-state index in [2.05, 4.69) is 18.8 Å². The van der Waals surface area contributed by atoms with Gasteiger partial charge in [0, 0.05) is 5.41 Å². The standard InChI is InChI=1S/C19H27NO4S/c1-11-4-7-14-18(2,9-8-15(22)19(14,3)10-21)12(11)5-6-13-16(23)20-17(24)25-13/h6,12,14-15,21-22H,1,4-5,7-10H2,2-3H3,(H,20,23,24)/b13-6-/t12-,14+,15-,18+,19+/m1/s1. The molecule has 3 fully saturated rings. The van der Waals surface area contributed by atoms with Crippen molar-refractivity contribution in [1.82, 2.24) is 5.32 Å². The molecule has 0 aromatic rings. The molecule has 2 amide bonds. The summed E-state index contributed by atoms with van der Waals surface area (Å²) in [6, 6.07) is 0. The van der Waals surface area contributed by atoms with Crippen molar-refractivity contribution < 1.29 is 19.8 Å². The average Bonchev–Trinajstić information content (AvgIpc) is 2.88. The zero-order valence-electron chi connectivity index (χ0n) is 14.9. The molecule has 0 aromatic heterocycles. The molecule has 3 aliphatic rings. The summed E-state index contributed by atoms with van der Waals surface area (Å²) < 4.78 is 0. The highest BCUT2D eigenvalue weighted by Gasteiger charge is 2.57. The zero-order valence-corrected chi connectivity index (χ0v) is 15.7. The Morgan fingerprint density at radius 3 is 2.68 bits per heavy atom. The highest BCUT2D eigenvalue weighted by molar-refractivity contribution is 8.18. The van der Waals surface area contributed by atoms with Crippen LogP contribution < -0.4 is 5.32 Å². The van der Waals surface area contributed by atoms with Gasteiger partial charge in [0.15, 0.2) is 0 Å². The molecule has 0 spiro atoms. The molecule has 5 nitrogen and oxygen atoms in total. The zero-order chi connectivity index (χ0) is 18.4. The van der Waals surface area contributed by atoms with Crippen LogP contribution in [0, 0.1) is 22.7 Å². The van der Waals surface area contributed by atoms with Gasteiger partial charge < -0.3 is 10.2 Å². The highest BCUT2D eigenvalue weighted by atomic mass is 32.2. The number of carbonyl (C=O) groups excluding carboxylic acids is 2. The lowest BCUT2D eigenvalue weighted by molar-refractivity contribution is -0.151. The Balaban J connectivity index is 1.88. The quantitative estimate of drug-likeness (QED) is 0.529. The number of imide groups is 1. The third kappa shape index (κ3) is 2.98. The lowest BCUT2D eigenvalue weighted by Crippen LogP contribution is -2.57. The molecule has 5 atom stereocenters. The molecule has 1 heterocycles. The molecule has 6 heteroatoms. The molecule has 138 valence electrons. The summed E-state index contributed by atoms with van der Waals surface area (Å²) in [5.41, 5.74) is 0.587. The third-order valence-corrected chi connectivity index (χ3v) is 7.73. The molecule has 2 aliphatic carbocycles. The number of allylic oxidation sites excluding steroid dienone is 2. The largest absolute Gasteiger partial charge is 0.396 e. The second kappa shape index (κ2) is 6.56. The number of fused-ring (bicyclic) bond motifs is 1. The van der Waals surface area contributed by atoms with E-state index in [0.29, 0.717) is 17.7 Å². The van der Waals surface area contributed by atoms with Gasteiger partial charge in [0.1, 0.15) is 0 Å². The Labute approximate surface area is 152 Å². The van der Waals surface area contributed by atoms with Crippen LogP contribution in [0.25, 0.3) is 0 Å². The first-order valence-corrected chi connectivity index (χ1v) is 9.74. The van der Waals surface area contributed by atoms with Gasteiger partial charge in [-0.2, -0.15) is 0 Å². The maximum atomic E-state index is 11.8. The van der Waals surface area contributed by atoms with E-state index in [1.165, 1.54) is 5.57 Å². The van der Waals surface area contributed by atoms with Gasteiger partial charge >= 0.3 is 0 Å². The van der Waals surface area contributed by atoms with Crippen LogP contribution >= 0.6 is 11.8 Å². The minimum atomic E-state index is -0.505. The minimum absolute atomic E-state index is 0.0263. The predicted octanol–water partition coefficient (Wildman–Crippen LogP) is 2.99. The summed E-state index contributed by atoms with van der Waals surface area (Å²) in [5.74, 6) is 0.0629. The molecule has 25 heavy (non-hydrogen) atoms. The fourth-order valence-corrected chi connectivity index (χ4v) is 5.99. The van der Waals surface area contributed by atoms with Crippen LogP contribution in [-0.2, 0) is 4.79 Å². The second-order valence-electron chi connectivity index (χ2n) is 8.17. The predicted molar refractivity (Wildman–Crippen MR) is 97.7 cm³/mol. The van der Waals surface area contributed by atoms with E-state index < -0.39 is 11.5 Å². The van der Waals surface area contributed by atoms with Gasteiger partial charge in [-0.25, -0.2) is 0 Å². The van der Waals surface area contributed by atoms with Gasteiger partial charge in [0.05, 0.1) is 17.6 Å². The molecule has 2 saturated carbocycles. The summed E-state index contributed by atoms with van der Waals surface area (Å²) in [4.78, 5) is 23.6. The number of amides is 2. The van der Waals surface area contributed by atoms with E-state index in [0.717, 1.165) is 31.0 Å². The van der Waals surface area contributed by atoms with Crippen molar-refractivity contribution in [2.24, 2.45) is 22.7 Å². The number of nitrogens with one attached hydrogen (secondary N) is 1. The van der Waals surface area contributed by atoms with E-state index in [4.69, 9.17) is 0 Å². The SMILES string of the molecule is C=C1CC[C@@H]2[C@](C)(CO)[C@H](O)CC[C@@]2(C)[C@@H]1C/C=C1\SC(=O)NC1=O. The monoisotopic (exact) mass is 365 g/mol. The van der Waals surface area contributed by atoms with Gasteiger partial charge in [-0.1, -0.05) is 32.1 Å². The normalized spacial score (nSPS) is 43.3.